The molecule has 0 heterocycles. The summed E-state index contributed by atoms with van der Waals surface area (Å²) in [6.07, 6.45) is -5.05. The van der Waals surface area contributed by atoms with Gasteiger partial charge in [0.1, 0.15) is 11.3 Å². The van der Waals surface area contributed by atoms with Gasteiger partial charge < -0.3 is 4.74 Å². The Morgan fingerprint density at radius 1 is 1.35 bits per heavy atom. The quantitative estimate of drug-likeness (QED) is 0.612. The van der Waals surface area contributed by atoms with E-state index in [1.165, 1.54) is 20.8 Å². The van der Waals surface area contributed by atoms with E-state index < -0.39 is 28.5 Å². The third-order valence-corrected chi connectivity index (χ3v) is 2.53. The molecule has 0 saturated carbocycles. The number of amides is 1. The highest BCUT2D eigenvalue weighted by Gasteiger charge is 2.36. The van der Waals surface area contributed by atoms with E-state index in [4.69, 9.17) is 4.74 Å². The Morgan fingerprint density at radius 2 is 1.91 bits per heavy atom. The summed E-state index contributed by atoms with van der Waals surface area (Å²) in [6, 6.07) is 2.32. The number of hydrogen-bond donors (Lipinski definition) is 0. The van der Waals surface area contributed by atoms with Crippen molar-refractivity contribution in [3.8, 4) is 0 Å². The van der Waals surface area contributed by atoms with Crippen LogP contribution in [0.1, 0.15) is 31.9 Å². The van der Waals surface area contributed by atoms with Crippen molar-refractivity contribution in [2.45, 2.75) is 32.5 Å². The summed E-state index contributed by atoms with van der Waals surface area (Å²) in [5.41, 5.74) is -2.76. The second kappa shape index (κ2) is 6.27. The van der Waals surface area contributed by atoms with Crippen LogP contribution < -0.4 is 5.01 Å². The van der Waals surface area contributed by atoms with Crippen LogP contribution in [-0.2, 0) is 10.9 Å². The molecule has 1 amide bonds. The molecule has 9 heteroatoms. The molecule has 0 atom stereocenters. The standard InChI is InChI=1S/C14H15F3N2O4/c1-5-9-8-10(6-7-11(9)14(15,16)17)18(19(21)22)12(20)23-13(2,3)4/h5-8H,1H2,2-4H3. The van der Waals surface area contributed by atoms with Crippen molar-refractivity contribution in [2.75, 3.05) is 5.01 Å². The van der Waals surface area contributed by atoms with E-state index in [2.05, 4.69) is 6.58 Å². The van der Waals surface area contributed by atoms with E-state index in [1.54, 1.807) is 0 Å². The Hall–Kier alpha value is -2.58. The van der Waals surface area contributed by atoms with Crippen LogP contribution in [0, 0.1) is 10.1 Å². The van der Waals surface area contributed by atoms with E-state index in [0.29, 0.717) is 6.07 Å². The fraction of sp³-hybridized carbons (Fsp3) is 0.357. The minimum absolute atomic E-state index is 0.0401. The number of nitrogens with zero attached hydrogens (tertiary/aromatic N) is 2. The number of nitro groups is 1. The molecular weight excluding hydrogens is 317 g/mol. The number of hydrogen-bond acceptors (Lipinski definition) is 4. The van der Waals surface area contributed by atoms with Crippen LogP contribution in [0.25, 0.3) is 6.08 Å². The van der Waals surface area contributed by atoms with Crippen LogP contribution in [0.2, 0.25) is 0 Å². The number of halogens is 3. The highest BCUT2D eigenvalue weighted by atomic mass is 19.4. The summed E-state index contributed by atoms with van der Waals surface area (Å²) in [4.78, 5) is 23.0. The molecule has 1 aromatic carbocycles. The Bertz CT molecular complexity index is 636. The van der Waals surface area contributed by atoms with Gasteiger partial charge in [-0.05, 0) is 44.5 Å². The summed E-state index contributed by atoms with van der Waals surface area (Å²) in [5.74, 6) is 0. The van der Waals surface area contributed by atoms with Crippen molar-refractivity contribution >= 4 is 17.9 Å². The zero-order chi connectivity index (χ0) is 18.0. The van der Waals surface area contributed by atoms with E-state index in [9.17, 15) is 28.1 Å². The number of alkyl halides is 3. The monoisotopic (exact) mass is 332 g/mol. The molecule has 0 saturated heterocycles. The lowest BCUT2D eigenvalue weighted by Gasteiger charge is -2.22. The van der Waals surface area contributed by atoms with Gasteiger partial charge in [-0.15, -0.1) is 0 Å². The maximum Gasteiger partial charge on any atom is 0.473 e. The Kier molecular flexibility index (Phi) is 5.03. The molecule has 126 valence electrons. The van der Waals surface area contributed by atoms with Gasteiger partial charge in [-0.1, -0.05) is 12.7 Å². The predicted octanol–water partition coefficient (Wildman–Crippen LogP) is 4.28. The molecule has 0 aliphatic carbocycles. The summed E-state index contributed by atoms with van der Waals surface area (Å²) in [5, 5.41) is 10.1. The van der Waals surface area contributed by atoms with Crippen LogP contribution >= 0.6 is 0 Å². The molecule has 0 bridgehead atoms. The average Bonchev–Trinajstić information content (AvgIpc) is 2.34. The second-order valence-corrected chi connectivity index (χ2v) is 5.50. The third-order valence-electron chi connectivity index (χ3n) is 2.53. The Balaban J connectivity index is 3.32. The molecule has 0 aliphatic rings. The van der Waals surface area contributed by atoms with Crippen molar-refractivity contribution in [2.24, 2.45) is 0 Å². The molecule has 0 radical (unpaired) electrons. The lowest BCUT2D eigenvalue weighted by molar-refractivity contribution is -0.484. The summed E-state index contributed by atoms with van der Waals surface area (Å²) in [6.45, 7) is 7.76. The highest BCUT2D eigenvalue weighted by molar-refractivity contribution is 5.86. The Morgan fingerprint density at radius 3 is 2.30 bits per heavy atom. The number of anilines is 1. The van der Waals surface area contributed by atoms with Gasteiger partial charge in [0.2, 0.25) is 0 Å². The van der Waals surface area contributed by atoms with E-state index >= 15 is 0 Å². The summed E-state index contributed by atoms with van der Waals surface area (Å²) >= 11 is 0. The van der Waals surface area contributed by atoms with Crippen molar-refractivity contribution in [3.63, 3.8) is 0 Å². The van der Waals surface area contributed by atoms with Crippen LogP contribution in [0.4, 0.5) is 23.7 Å². The molecule has 0 aromatic heterocycles. The van der Waals surface area contributed by atoms with E-state index in [0.717, 1.165) is 18.2 Å². The maximum atomic E-state index is 12.8. The lowest BCUT2D eigenvalue weighted by Crippen LogP contribution is -2.40. The predicted molar refractivity (Wildman–Crippen MR) is 77.2 cm³/mol. The number of rotatable bonds is 3. The fourth-order valence-electron chi connectivity index (χ4n) is 1.68. The molecule has 0 unspecified atom stereocenters. The fourth-order valence-corrected chi connectivity index (χ4v) is 1.68. The first kappa shape index (κ1) is 18.5. The van der Waals surface area contributed by atoms with Crippen molar-refractivity contribution in [3.05, 3.63) is 46.0 Å². The molecule has 0 spiro atoms. The topological polar surface area (TPSA) is 72.7 Å². The number of carbonyl (C=O) groups excluding carboxylic acids is 1. The molecule has 1 rings (SSSR count). The van der Waals surface area contributed by atoms with Gasteiger partial charge in [-0.3, -0.25) is 0 Å². The minimum Gasteiger partial charge on any atom is -0.440 e. The minimum atomic E-state index is -4.65. The number of carbonyl (C=O) groups is 1. The van der Waals surface area contributed by atoms with Gasteiger partial charge in [0, 0.05) is 5.01 Å². The van der Waals surface area contributed by atoms with Gasteiger partial charge >= 0.3 is 12.3 Å². The smallest absolute Gasteiger partial charge is 0.440 e. The van der Waals surface area contributed by atoms with Crippen molar-refractivity contribution < 1.29 is 27.7 Å². The normalized spacial score (nSPS) is 11.7. The molecule has 1 aromatic rings. The van der Waals surface area contributed by atoms with Gasteiger partial charge in [0.05, 0.1) is 5.56 Å². The van der Waals surface area contributed by atoms with E-state index in [1.807, 2.05) is 0 Å². The molecule has 0 fully saturated rings. The second-order valence-electron chi connectivity index (χ2n) is 5.50. The molecule has 0 N–H and O–H groups in total. The highest BCUT2D eigenvalue weighted by Crippen LogP contribution is 2.34. The molecule has 0 aliphatic heterocycles. The van der Waals surface area contributed by atoms with Gasteiger partial charge in [0.15, 0.2) is 5.03 Å². The van der Waals surface area contributed by atoms with Crippen molar-refractivity contribution in [1.82, 2.24) is 0 Å². The SMILES string of the molecule is C=Cc1cc(N(C(=O)OC(C)(C)C)[N+](=O)[O-])ccc1C(F)(F)F. The number of ether oxygens (including phenoxy) is 1. The summed E-state index contributed by atoms with van der Waals surface area (Å²) < 4.78 is 43.3. The lowest BCUT2D eigenvalue weighted by atomic mass is 10.1. The van der Waals surface area contributed by atoms with Gasteiger partial charge in [-0.2, -0.15) is 13.2 Å². The zero-order valence-electron chi connectivity index (χ0n) is 12.7. The van der Waals surface area contributed by atoms with E-state index in [-0.39, 0.29) is 16.3 Å². The van der Waals surface area contributed by atoms with Crippen LogP contribution in [-0.4, -0.2) is 16.7 Å². The maximum absolute atomic E-state index is 12.8. The largest absolute Gasteiger partial charge is 0.473 e. The van der Waals surface area contributed by atoms with Crippen LogP contribution in [0.5, 0.6) is 0 Å². The first-order chi connectivity index (χ1) is 10.4. The third kappa shape index (κ3) is 4.70. The summed E-state index contributed by atoms with van der Waals surface area (Å²) in [7, 11) is 0. The molecule has 6 nitrogen and oxygen atoms in total. The Labute approximate surface area is 130 Å². The van der Waals surface area contributed by atoms with Gasteiger partial charge in [-0.25, -0.2) is 14.9 Å². The average molecular weight is 332 g/mol. The van der Waals surface area contributed by atoms with Crippen LogP contribution in [0.3, 0.4) is 0 Å². The number of hydrazine groups is 1. The zero-order valence-corrected chi connectivity index (χ0v) is 12.7. The first-order valence-corrected chi connectivity index (χ1v) is 6.38. The van der Waals surface area contributed by atoms with Crippen LogP contribution in [0.15, 0.2) is 24.8 Å². The van der Waals surface area contributed by atoms with Gasteiger partial charge in [0.25, 0.3) is 0 Å². The molecular formula is C14H15F3N2O4. The van der Waals surface area contributed by atoms with Crippen molar-refractivity contribution in [1.29, 1.82) is 0 Å². The number of benzene rings is 1. The first-order valence-electron chi connectivity index (χ1n) is 6.38. The molecule has 23 heavy (non-hydrogen) atoms.